The van der Waals surface area contributed by atoms with Crippen LogP contribution in [0.5, 0.6) is 0 Å². The van der Waals surface area contributed by atoms with Crippen molar-refractivity contribution < 1.29 is 33.4 Å². The number of carbonyl (C=O) groups excluding carboxylic acids is 4. The predicted molar refractivity (Wildman–Crippen MR) is 128 cm³/mol. The smallest absolute Gasteiger partial charge is 0.305 e. The number of allylic oxidation sites excluding steroid dienone is 1. The fourth-order valence-electron chi connectivity index (χ4n) is 8.18. The van der Waals surface area contributed by atoms with Crippen LogP contribution >= 0.6 is 0 Å². The quantitative estimate of drug-likeness (QED) is 0.403. The predicted octanol–water partition coefficient (Wildman–Crippen LogP) is 4.42. The molecule has 194 valence electrons. The van der Waals surface area contributed by atoms with E-state index < -0.39 is 5.41 Å². The summed E-state index contributed by atoms with van der Waals surface area (Å²) in [5, 5.41) is 0. The van der Waals surface area contributed by atoms with Crippen LogP contribution in [0.1, 0.15) is 79.1 Å². The van der Waals surface area contributed by atoms with Crippen LogP contribution in [0.15, 0.2) is 11.6 Å². The van der Waals surface area contributed by atoms with Crippen LogP contribution in [0.25, 0.3) is 0 Å². The van der Waals surface area contributed by atoms with Gasteiger partial charge in [-0.05, 0) is 80.6 Å². The van der Waals surface area contributed by atoms with Crippen LogP contribution < -0.4 is 0 Å². The molecule has 4 rings (SSSR count). The number of carbonyl (C=O) groups is 4. The minimum atomic E-state index is -0.524. The molecule has 0 heterocycles. The molecule has 7 heteroatoms. The van der Waals surface area contributed by atoms with E-state index in [1.807, 2.05) is 6.08 Å². The van der Waals surface area contributed by atoms with E-state index in [0.29, 0.717) is 12.8 Å². The maximum atomic E-state index is 13.8. The first-order chi connectivity index (χ1) is 16.6. The Morgan fingerprint density at radius 2 is 1.77 bits per heavy atom. The van der Waals surface area contributed by atoms with E-state index in [0.717, 1.165) is 44.1 Å². The maximum Gasteiger partial charge on any atom is 0.305 e. The largest absolute Gasteiger partial charge is 0.469 e. The molecule has 4 aliphatic rings. The molecular formula is C28H40O7. The summed E-state index contributed by atoms with van der Waals surface area (Å²) >= 11 is 0. The molecule has 3 fully saturated rings. The zero-order valence-corrected chi connectivity index (χ0v) is 21.7. The van der Waals surface area contributed by atoms with Gasteiger partial charge >= 0.3 is 17.9 Å². The van der Waals surface area contributed by atoms with Crippen LogP contribution in [-0.2, 0) is 33.4 Å². The highest BCUT2D eigenvalue weighted by Crippen LogP contribution is 2.63. The number of ketones is 1. The summed E-state index contributed by atoms with van der Waals surface area (Å²) in [6.45, 7) is 7.15. The van der Waals surface area contributed by atoms with Gasteiger partial charge in [0, 0.05) is 31.6 Å². The van der Waals surface area contributed by atoms with Gasteiger partial charge in [-0.3, -0.25) is 19.2 Å². The number of hydrogen-bond acceptors (Lipinski definition) is 7. The number of hydrogen-bond donors (Lipinski definition) is 0. The van der Waals surface area contributed by atoms with Crippen molar-refractivity contribution in [2.24, 2.45) is 40.9 Å². The highest BCUT2D eigenvalue weighted by Gasteiger charge is 2.61. The van der Waals surface area contributed by atoms with Crippen LogP contribution in [0.2, 0.25) is 0 Å². The lowest BCUT2D eigenvalue weighted by molar-refractivity contribution is -0.158. The standard InChI is InChI=1S/C28H40O7/c1-15(6-11-26(32)33-5)22-9-10-23-27-21(14-25(31)28(22,23)4)20-8-7-19(34-16(2)29)12-18(20)13-24(27)35-17(3)30/h14-15,18-20,22-24,27H,6-13H2,1-5H3. The number of methoxy groups -OCH3 is 1. The van der Waals surface area contributed by atoms with Gasteiger partial charge in [0.2, 0.25) is 0 Å². The fourth-order valence-corrected chi connectivity index (χ4v) is 8.18. The van der Waals surface area contributed by atoms with Crippen molar-refractivity contribution >= 4 is 23.7 Å². The molecule has 9 unspecified atom stereocenters. The first-order valence-electron chi connectivity index (χ1n) is 13.2. The van der Waals surface area contributed by atoms with E-state index in [9.17, 15) is 19.2 Å². The summed E-state index contributed by atoms with van der Waals surface area (Å²) in [7, 11) is 1.40. The van der Waals surface area contributed by atoms with Crippen molar-refractivity contribution in [1.29, 1.82) is 0 Å². The molecule has 0 aromatic carbocycles. The zero-order valence-electron chi connectivity index (χ0n) is 21.7. The molecule has 3 saturated carbocycles. The highest BCUT2D eigenvalue weighted by atomic mass is 16.5. The lowest BCUT2D eigenvalue weighted by Gasteiger charge is -2.53. The SMILES string of the molecule is COC(=O)CCC(C)C1CCC2C3C(=CC(=O)C12C)C1CCC(OC(C)=O)CC1CC3OC(C)=O. The molecule has 35 heavy (non-hydrogen) atoms. The van der Waals surface area contributed by atoms with E-state index in [1.54, 1.807) is 0 Å². The van der Waals surface area contributed by atoms with Gasteiger partial charge in [-0.2, -0.15) is 0 Å². The number of fused-ring (bicyclic) bond motifs is 5. The average Bonchev–Trinajstić information content (AvgIpc) is 3.15. The lowest BCUT2D eigenvalue weighted by atomic mass is 9.51. The molecule has 0 spiro atoms. The summed E-state index contributed by atoms with van der Waals surface area (Å²) in [6.07, 6.45) is 7.60. The molecule has 9 atom stereocenters. The lowest BCUT2D eigenvalue weighted by Crippen LogP contribution is -2.54. The van der Waals surface area contributed by atoms with E-state index >= 15 is 0 Å². The van der Waals surface area contributed by atoms with E-state index in [-0.39, 0.29) is 71.4 Å². The first-order valence-corrected chi connectivity index (χ1v) is 13.2. The summed E-state index contributed by atoms with van der Waals surface area (Å²) < 4.78 is 16.3. The van der Waals surface area contributed by atoms with Gasteiger partial charge in [0.1, 0.15) is 12.2 Å². The summed E-state index contributed by atoms with van der Waals surface area (Å²) in [5.41, 5.74) is 0.633. The molecule has 7 nitrogen and oxygen atoms in total. The van der Waals surface area contributed by atoms with Crippen molar-refractivity contribution in [3.05, 3.63) is 11.6 Å². The number of esters is 3. The second-order valence-corrected chi connectivity index (χ2v) is 11.5. The monoisotopic (exact) mass is 488 g/mol. The van der Waals surface area contributed by atoms with Crippen LogP contribution in [0.3, 0.4) is 0 Å². The molecule has 0 aromatic rings. The Hall–Kier alpha value is -2.18. The second-order valence-electron chi connectivity index (χ2n) is 11.5. The Morgan fingerprint density at radius 3 is 2.43 bits per heavy atom. The summed E-state index contributed by atoms with van der Waals surface area (Å²) in [6, 6.07) is 0. The number of ether oxygens (including phenoxy) is 3. The molecule has 0 aliphatic heterocycles. The highest BCUT2D eigenvalue weighted by molar-refractivity contribution is 5.97. The molecule has 0 saturated heterocycles. The Balaban J connectivity index is 1.62. The molecule has 0 radical (unpaired) electrons. The van der Waals surface area contributed by atoms with Crippen molar-refractivity contribution in [2.45, 2.75) is 91.3 Å². The average molecular weight is 489 g/mol. The first kappa shape index (κ1) is 25.9. The minimum absolute atomic E-state index is 0.0472. The Labute approximate surface area is 208 Å². The van der Waals surface area contributed by atoms with Crippen LogP contribution in [0, 0.1) is 40.9 Å². The van der Waals surface area contributed by atoms with Gasteiger partial charge in [0.25, 0.3) is 0 Å². The minimum Gasteiger partial charge on any atom is -0.469 e. The van der Waals surface area contributed by atoms with Gasteiger partial charge in [-0.25, -0.2) is 0 Å². The third kappa shape index (κ3) is 4.79. The third-order valence-corrected chi connectivity index (χ3v) is 9.64. The number of rotatable bonds is 6. The van der Waals surface area contributed by atoms with Crippen molar-refractivity contribution in [1.82, 2.24) is 0 Å². The van der Waals surface area contributed by atoms with Gasteiger partial charge in [-0.15, -0.1) is 0 Å². The molecule has 0 aromatic heterocycles. The Kier molecular flexibility index (Phi) is 7.44. The normalized spacial score (nSPS) is 38.8. The van der Waals surface area contributed by atoms with Crippen molar-refractivity contribution in [3.8, 4) is 0 Å². The van der Waals surface area contributed by atoms with Crippen molar-refractivity contribution in [3.63, 3.8) is 0 Å². The second kappa shape index (κ2) is 10.1. The molecule has 4 aliphatic carbocycles. The van der Waals surface area contributed by atoms with Gasteiger partial charge < -0.3 is 14.2 Å². The van der Waals surface area contributed by atoms with Gasteiger partial charge in [-0.1, -0.05) is 19.4 Å². The Bertz CT molecular complexity index is 907. The van der Waals surface area contributed by atoms with Crippen LogP contribution in [0.4, 0.5) is 0 Å². The summed E-state index contributed by atoms with van der Waals surface area (Å²) in [4.78, 5) is 49.2. The topological polar surface area (TPSA) is 96.0 Å². The zero-order chi connectivity index (χ0) is 25.5. The summed E-state index contributed by atoms with van der Waals surface area (Å²) in [5.74, 6) is 0.471. The maximum absolute atomic E-state index is 13.8. The van der Waals surface area contributed by atoms with Gasteiger partial charge in [0.05, 0.1) is 7.11 Å². The molecule has 0 bridgehead atoms. The fraction of sp³-hybridized carbons (Fsp3) is 0.786. The molecule has 0 amide bonds. The van der Waals surface area contributed by atoms with Gasteiger partial charge in [0.15, 0.2) is 5.78 Å². The van der Waals surface area contributed by atoms with Crippen LogP contribution in [-0.4, -0.2) is 43.0 Å². The van der Waals surface area contributed by atoms with E-state index in [4.69, 9.17) is 14.2 Å². The van der Waals surface area contributed by atoms with Crippen molar-refractivity contribution in [2.75, 3.05) is 7.11 Å². The third-order valence-electron chi connectivity index (χ3n) is 9.64. The molecule has 0 N–H and O–H groups in total. The van der Waals surface area contributed by atoms with E-state index in [1.165, 1.54) is 21.0 Å². The molecular weight excluding hydrogens is 448 g/mol. The Morgan fingerprint density at radius 1 is 1.06 bits per heavy atom. The van der Waals surface area contributed by atoms with E-state index in [2.05, 4.69) is 13.8 Å².